The van der Waals surface area contributed by atoms with Gasteiger partial charge in [-0.25, -0.2) is 0 Å². The minimum Gasteiger partial charge on any atom is -0.393 e. The molecule has 176 valence electrons. The Morgan fingerprint density at radius 3 is 2.32 bits per heavy atom. The fourth-order valence-electron chi connectivity index (χ4n) is 5.80. The molecule has 3 N–H and O–H groups in total. The molecule has 0 spiro atoms. The summed E-state index contributed by atoms with van der Waals surface area (Å²) in [6, 6.07) is 0. The van der Waals surface area contributed by atoms with Gasteiger partial charge in [0.15, 0.2) is 0 Å². The third-order valence-electron chi connectivity index (χ3n) is 8.28. The monoisotopic (exact) mass is 430 g/mol. The van der Waals surface area contributed by atoms with E-state index < -0.39 is 17.8 Å². The number of hydrogen-bond donors (Lipinski definition) is 3. The molecule has 6 atom stereocenters. The maximum Gasteiger partial charge on any atom is 0.119 e. The van der Waals surface area contributed by atoms with Gasteiger partial charge >= 0.3 is 0 Å². The minimum atomic E-state index is -0.909. The third kappa shape index (κ3) is 6.95. The van der Waals surface area contributed by atoms with Crippen molar-refractivity contribution in [2.24, 2.45) is 28.6 Å². The second-order valence-corrected chi connectivity index (χ2v) is 11.8. The van der Waals surface area contributed by atoms with Crippen LogP contribution < -0.4 is 0 Å². The fourth-order valence-corrected chi connectivity index (χ4v) is 5.80. The van der Waals surface area contributed by atoms with Crippen LogP contribution in [-0.2, 0) is 0 Å². The van der Waals surface area contributed by atoms with Crippen LogP contribution in [-0.4, -0.2) is 33.1 Å². The first-order chi connectivity index (χ1) is 14.2. The molecule has 31 heavy (non-hydrogen) atoms. The molecule has 2 aliphatic rings. The normalized spacial score (nSPS) is 33.1. The average molecular weight is 431 g/mol. The lowest BCUT2D eigenvalue weighted by atomic mass is 9.58. The molecule has 0 aliphatic heterocycles. The maximum atomic E-state index is 9.89. The Hall–Kier alpha value is -1.08. The van der Waals surface area contributed by atoms with Gasteiger partial charge in [0, 0.05) is 6.42 Å². The van der Waals surface area contributed by atoms with E-state index in [1.54, 1.807) is 13.8 Å². The molecule has 2 saturated carbocycles. The van der Waals surface area contributed by atoms with E-state index in [1.807, 2.05) is 0 Å². The third-order valence-corrected chi connectivity index (χ3v) is 8.28. The highest BCUT2D eigenvalue weighted by atomic mass is 16.3. The molecule has 0 aromatic heterocycles. The molecule has 3 heteroatoms. The van der Waals surface area contributed by atoms with Crippen molar-refractivity contribution in [2.45, 2.75) is 111 Å². The quantitative estimate of drug-likeness (QED) is 0.478. The summed E-state index contributed by atoms with van der Waals surface area (Å²) in [5.41, 5.74) is 0.707. The first kappa shape index (κ1) is 26.2. The second kappa shape index (κ2) is 10.2. The lowest BCUT2D eigenvalue weighted by Gasteiger charge is -2.46. The Balaban J connectivity index is 2.00. The SMILES string of the molecule is CC(CC#CC(C)(C)O)C[C@@H](C)[C@@]1(C)CC[C@@H](/C=C/C=C2C[C@@H](O)C[C@H](O)C2)C1(C)C. The molecular weight excluding hydrogens is 384 g/mol. The smallest absolute Gasteiger partial charge is 0.119 e. The fraction of sp³-hybridized carbons (Fsp3) is 0.786. The van der Waals surface area contributed by atoms with E-state index in [0.717, 1.165) is 18.4 Å². The predicted molar refractivity (Wildman–Crippen MR) is 129 cm³/mol. The Morgan fingerprint density at radius 2 is 1.74 bits per heavy atom. The zero-order valence-electron chi connectivity index (χ0n) is 20.9. The molecule has 0 bridgehead atoms. The van der Waals surface area contributed by atoms with Crippen molar-refractivity contribution in [3.05, 3.63) is 23.8 Å². The van der Waals surface area contributed by atoms with Crippen LogP contribution in [0.1, 0.15) is 93.4 Å². The van der Waals surface area contributed by atoms with Crippen molar-refractivity contribution >= 4 is 0 Å². The van der Waals surface area contributed by atoms with Crippen LogP contribution in [0.2, 0.25) is 0 Å². The van der Waals surface area contributed by atoms with Crippen LogP contribution in [0.3, 0.4) is 0 Å². The highest BCUT2D eigenvalue weighted by Gasteiger charge is 2.52. The Morgan fingerprint density at radius 1 is 1.13 bits per heavy atom. The summed E-state index contributed by atoms with van der Waals surface area (Å²) in [7, 11) is 0. The molecule has 3 nitrogen and oxygen atoms in total. The van der Waals surface area contributed by atoms with Crippen molar-refractivity contribution in [3.63, 3.8) is 0 Å². The van der Waals surface area contributed by atoms with Gasteiger partial charge in [-0.1, -0.05) is 64.3 Å². The highest BCUT2D eigenvalue weighted by Crippen LogP contribution is 2.61. The molecule has 2 fully saturated rings. The van der Waals surface area contributed by atoms with Gasteiger partial charge in [-0.15, -0.1) is 5.92 Å². The maximum absolute atomic E-state index is 9.89. The molecule has 0 saturated heterocycles. The first-order valence-corrected chi connectivity index (χ1v) is 12.2. The number of aliphatic hydroxyl groups excluding tert-OH is 2. The summed E-state index contributed by atoms with van der Waals surface area (Å²) in [5.74, 6) is 7.76. The van der Waals surface area contributed by atoms with Gasteiger partial charge in [0.25, 0.3) is 0 Å². The van der Waals surface area contributed by atoms with Gasteiger partial charge in [-0.3, -0.25) is 0 Å². The summed E-state index contributed by atoms with van der Waals surface area (Å²) >= 11 is 0. The van der Waals surface area contributed by atoms with E-state index in [4.69, 9.17) is 0 Å². The second-order valence-electron chi connectivity index (χ2n) is 11.8. The molecule has 0 aromatic carbocycles. The molecule has 1 unspecified atom stereocenters. The largest absolute Gasteiger partial charge is 0.393 e. The molecule has 0 amide bonds. The lowest BCUT2D eigenvalue weighted by Crippen LogP contribution is -2.39. The van der Waals surface area contributed by atoms with Gasteiger partial charge in [-0.05, 0) is 81.0 Å². The van der Waals surface area contributed by atoms with Crippen LogP contribution >= 0.6 is 0 Å². The molecule has 0 radical (unpaired) electrons. The number of rotatable bonds is 6. The van der Waals surface area contributed by atoms with E-state index in [1.165, 1.54) is 12.8 Å². The summed E-state index contributed by atoms with van der Waals surface area (Å²) in [5, 5.41) is 29.6. The molecular formula is C28H46O3. The summed E-state index contributed by atoms with van der Waals surface area (Å²) in [6.07, 6.45) is 12.1. The molecule has 0 heterocycles. The number of aliphatic hydroxyl groups is 3. The van der Waals surface area contributed by atoms with Crippen molar-refractivity contribution in [1.29, 1.82) is 0 Å². The molecule has 2 aliphatic carbocycles. The predicted octanol–water partition coefficient (Wildman–Crippen LogP) is 5.64. The zero-order chi connectivity index (χ0) is 23.4. The van der Waals surface area contributed by atoms with Crippen LogP contribution in [0.5, 0.6) is 0 Å². The van der Waals surface area contributed by atoms with E-state index >= 15 is 0 Å². The topological polar surface area (TPSA) is 60.7 Å². The van der Waals surface area contributed by atoms with E-state index in [0.29, 0.717) is 37.0 Å². The Kier molecular flexibility index (Phi) is 8.65. The van der Waals surface area contributed by atoms with Crippen molar-refractivity contribution in [1.82, 2.24) is 0 Å². The van der Waals surface area contributed by atoms with Crippen LogP contribution in [0.15, 0.2) is 23.8 Å². The van der Waals surface area contributed by atoms with E-state index in [-0.39, 0.29) is 10.8 Å². The highest BCUT2D eigenvalue weighted by molar-refractivity contribution is 5.19. The van der Waals surface area contributed by atoms with E-state index in [2.05, 4.69) is 64.7 Å². The van der Waals surface area contributed by atoms with Gasteiger partial charge < -0.3 is 15.3 Å². The summed E-state index contributed by atoms with van der Waals surface area (Å²) < 4.78 is 0. The van der Waals surface area contributed by atoms with Gasteiger partial charge in [0.05, 0.1) is 12.2 Å². The van der Waals surface area contributed by atoms with Crippen LogP contribution in [0.25, 0.3) is 0 Å². The van der Waals surface area contributed by atoms with Gasteiger partial charge in [0.1, 0.15) is 5.60 Å². The van der Waals surface area contributed by atoms with Gasteiger partial charge in [-0.2, -0.15) is 0 Å². The lowest BCUT2D eigenvalue weighted by molar-refractivity contribution is 0.0346. The number of allylic oxidation sites excluding steroid dienone is 3. The van der Waals surface area contributed by atoms with Gasteiger partial charge in [0.2, 0.25) is 0 Å². The zero-order valence-corrected chi connectivity index (χ0v) is 20.9. The standard InChI is InChI=1S/C28H46O3/c1-20(10-9-14-26(3,4)31)16-21(2)28(7)15-13-23(27(28,5)6)12-8-11-22-17-24(29)19-25(30)18-22/h8,11-12,20-21,23-25,29-31H,10,13,15-19H2,1-7H3/b12-8+/t20?,21-,23-,24-,25-,28-/m1/s1. The van der Waals surface area contributed by atoms with Crippen molar-refractivity contribution in [2.75, 3.05) is 0 Å². The van der Waals surface area contributed by atoms with Crippen LogP contribution in [0.4, 0.5) is 0 Å². The Labute approximate surface area is 191 Å². The summed E-state index contributed by atoms with van der Waals surface area (Å²) in [6.45, 7) is 15.5. The molecule has 2 rings (SSSR count). The average Bonchev–Trinajstić information content (AvgIpc) is 2.84. The first-order valence-electron chi connectivity index (χ1n) is 12.2. The van der Waals surface area contributed by atoms with Crippen molar-refractivity contribution in [3.8, 4) is 11.8 Å². The molecule has 0 aromatic rings. The summed E-state index contributed by atoms with van der Waals surface area (Å²) in [4.78, 5) is 0. The minimum absolute atomic E-state index is 0.200. The van der Waals surface area contributed by atoms with Crippen molar-refractivity contribution < 1.29 is 15.3 Å². The Bertz CT molecular complexity index is 703. The van der Waals surface area contributed by atoms with Crippen LogP contribution in [0, 0.1) is 40.4 Å². The number of hydrogen-bond acceptors (Lipinski definition) is 3. The van der Waals surface area contributed by atoms with E-state index in [9.17, 15) is 15.3 Å².